The van der Waals surface area contributed by atoms with Gasteiger partial charge in [-0.2, -0.15) is 4.31 Å². The molecule has 9 heteroatoms. The number of hydrogen-bond donors (Lipinski definition) is 1. The molecule has 3 rings (SSSR count). The molecule has 174 valence electrons. The first-order chi connectivity index (χ1) is 14.7. The molecule has 0 bridgehead atoms. The minimum absolute atomic E-state index is 0.0159. The monoisotopic (exact) mass is 453 g/mol. The van der Waals surface area contributed by atoms with Gasteiger partial charge < -0.3 is 14.6 Å². The van der Waals surface area contributed by atoms with E-state index in [1.54, 1.807) is 20.8 Å². The van der Waals surface area contributed by atoms with Crippen LogP contribution in [0.3, 0.4) is 0 Å². The van der Waals surface area contributed by atoms with E-state index in [2.05, 4.69) is 5.32 Å². The van der Waals surface area contributed by atoms with Crippen LogP contribution in [0.15, 0.2) is 4.90 Å². The summed E-state index contributed by atoms with van der Waals surface area (Å²) in [5.74, 6) is -1.05. The number of ether oxygens (including phenoxy) is 1. The molecule has 0 spiro atoms. The van der Waals surface area contributed by atoms with Gasteiger partial charge in [-0.05, 0) is 53.4 Å². The van der Waals surface area contributed by atoms with Crippen LogP contribution in [0.2, 0.25) is 0 Å². The number of nitrogens with one attached hydrogen (secondary N) is 1. The first-order valence-electron chi connectivity index (χ1n) is 11.4. The molecular formula is C22H35N3O5S. The maximum Gasteiger partial charge on any atom is 0.341 e. The normalized spacial score (nSPS) is 20.7. The number of amides is 1. The van der Waals surface area contributed by atoms with E-state index in [1.165, 1.54) is 4.31 Å². The maximum absolute atomic E-state index is 13.7. The first kappa shape index (κ1) is 23.8. The van der Waals surface area contributed by atoms with Gasteiger partial charge in [0, 0.05) is 37.1 Å². The van der Waals surface area contributed by atoms with Crippen molar-refractivity contribution >= 4 is 21.9 Å². The number of rotatable bonds is 7. The van der Waals surface area contributed by atoms with Crippen molar-refractivity contribution in [1.29, 1.82) is 0 Å². The summed E-state index contributed by atoms with van der Waals surface area (Å²) in [6.45, 7) is 8.27. The third-order valence-corrected chi connectivity index (χ3v) is 8.60. The number of sulfonamides is 1. The highest BCUT2D eigenvalue weighted by molar-refractivity contribution is 7.89. The minimum atomic E-state index is -3.96. The van der Waals surface area contributed by atoms with Crippen molar-refractivity contribution in [2.45, 2.75) is 83.7 Å². The number of esters is 1. The third-order valence-electron chi connectivity index (χ3n) is 6.58. The van der Waals surface area contributed by atoms with Crippen LogP contribution >= 0.6 is 0 Å². The molecule has 2 aliphatic rings. The van der Waals surface area contributed by atoms with Crippen LogP contribution in [0.1, 0.15) is 74.1 Å². The van der Waals surface area contributed by atoms with Gasteiger partial charge in [0.15, 0.2) is 0 Å². The van der Waals surface area contributed by atoms with E-state index in [4.69, 9.17) is 4.74 Å². The highest BCUT2D eigenvalue weighted by Gasteiger charge is 2.39. The van der Waals surface area contributed by atoms with Gasteiger partial charge in [0.05, 0.1) is 12.5 Å². The van der Waals surface area contributed by atoms with Gasteiger partial charge in [-0.15, -0.1) is 0 Å². The molecule has 8 nitrogen and oxygen atoms in total. The van der Waals surface area contributed by atoms with Gasteiger partial charge in [0.25, 0.3) is 0 Å². The van der Waals surface area contributed by atoms with Gasteiger partial charge in [-0.25, -0.2) is 13.2 Å². The summed E-state index contributed by atoms with van der Waals surface area (Å²) in [7, 11) is -3.96. The van der Waals surface area contributed by atoms with E-state index >= 15 is 0 Å². The van der Waals surface area contributed by atoms with E-state index in [0.717, 1.165) is 25.7 Å². The van der Waals surface area contributed by atoms with Crippen molar-refractivity contribution in [1.82, 2.24) is 14.2 Å². The zero-order chi connectivity index (χ0) is 22.8. The summed E-state index contributed by atoms with van der Waals surface area (Å²) in [5, 5.41) is 3.10. The number of piperidine rings is 1. The fourth-order valence-electron chi connectivity index (χ4n) is 4.98. The van der Waals surface area contributed by atoms with E-state index in [0.29, 0.717) is 37.3 Å². The SMILES string of the molecule is CCOC(=O)c1c(S(=O)(=O)N2CCC[C@@H](C(=O)NC3CCCC3)C2)c(C)n(CC)c1C. The van der Waals surface area contributed by atoms with E-state index in [9.17, 15) is 18.0 Å². The van der Waals surface area contributed by atoms with E-state index in [1.807, 2.05) is 11.5 Å². The Bertz CT molecular complexity index is 931. The second-order valence-corrected chi connectivity index (χ2v) is 10.4. The van der Waals surface area contributed by atoms with Crippen molar-refractivity contribution in [3.8, 4) is 0 Å². The first-order valence-corrected chi connectivity index (χ1v) is 12.8. The summed E-state index contributed by atoms with van der Waals surface area (Å²) in [6, 6.07) is 0.207. The molecule has 0 unspecified atom stereocenters. The topological polar surface area (TPSA) is 97.7 Å². The van der Waals surface area contributed by atoms with Crippen LogP contribution in [0.25, 0.3) is 0 Å². The number of carbonyl (C=O) groups is 2. The van der Waals surface area contributed by atoms with Gasteiger partial charge >= 0.3 is 5.97 Å². The molecule has 1 N–H and O–H groups in total. The van der Waals surface area contributed by atoms with Crippen molar-refractivity contribution < 1.29 is 22.7 Å². The Morgan fingerprint density at radius 1 is 1.06 bits per heavy atom. The quantitative estimate of drug-likeness (QED) is 0.640. The molecule has 1 saturated carbocycles. The second kappa shape index (κ2) is 9.73. The summed E-state index contributed by atoms with van der Waals surface area (Å²) in [6.07, 6.45) is 5.52. The second-order valence-electron chi connectivity index (χ2n) is 8.53. The molecular weight excluding hydrogens is 418 g/mol. The molecule has 2 heterocycles. The molecule has 1 aliphatic carbocycles. The van der Waals surface area contributed by atoms with Crippen LogP contribution in [0, 0.1) is 19.8 Å². The average molecular weight is 454 g/mol. The molecule has 2 fully saturated rings. The average Bonchev–Trinajstić information content (AvgIpc) is 3.33. The number of aromatic nitrogens is 1. The lowest BCUT2D eigenvalue weighted by molar-refractivity contribution is -0.126. The van der Waals surface area contributed by atoms with E-state index < -0.39 is 16.0 Å². The van der Waals surface area contributed by atoms with Gasteiger partial charge in [-0.3, -0.25) is 4.79 Å². The predicted molar refractivity (Wildman–Crippen MR) is 117 cm³/mol. The summed E-state index contributed by atoms with van der Waals surface area (Å²) >= 11 is 0. The predicted octanol–water partition coefficient (Wildman–Crippen LogP) is 2.76. The lowest BCUT2D eigenvalue weighted by Crippen LogP contribution is -2.47. The smallest absolute Gasteiger partial charge is 0.341 e. The molecule has 1 atom stereocenters. The van der Waals surface area contributed by atoms with Crippen molar-refractivity contribution in [3.05, 3.63) is 17.0 Å². The number of nitrogens with zero attached hydrogens (tertiary/aromatic N) is 2. The third kappa shape index (κ3) is 4.67. The maximum atomic E-state index is 13.7. The number of carbonyl (C=O) groups excluding carboxylic acids is 2. The Morgan fingerprint density at radius 2 is 1.74 bits per heavy atom. The summed E-state index contributed by atoms with van der Waals surface area (Å²) in [4.78, 5) is 25.5. The lowest BCUT2D eigenvalue weighted by Gasteiger charge is -2.32. The van der Waals surface area contributed by atoms with Crippen LogP contribution in [0.5, 0.6) is 0 Å². The van der Waals surface area contributed by atoms with Gasteiger partial charge in [0.1, 0.15) is 10.5 Å². The van der Waals surface area contributed by atoms with Crippen LogP contribution in [-0.4, -0.2) is 54.9 Å². The Hall–Kier alpha value is -1.87. The summed E-state index contributed by atoms with van der Waals surface area (Å²) < 4.78 is 35.8. The molecule has 0 aromatic carbocycles. The van der Waals surface area contributed by atoms with Crippen molar-refractivity contribution in [3.63, 3.8) is 0 Å². The van der Waals surface area contributed by atoms with Gasteiger partial charge in [0.2, 0.25) is 15.9 Å². The Morgan fingerprint density at radius 3 is 2.35 bits per heavy atom. The Kier molecular flexibility index (Phi) is 7.47. The lowest BCUT2D eigenvalue weighted by atomic mass is 9.98. The molecule has 31 heavy (non-hydrogen) atoms. The molecule has 0 radical (unpaired) electrons. The summed E-state index contributed by atoms with van der Waals surface area (Å²) in [5.41, 5.74) is 1.23. The Balaban J connectivity index is 1.90. The van der Waals surface area contributed by atoms with Gasteiger partial charge in [-0.1, -0.05) is 12.8 Å². The standard InChI is InChI=1S/C22H35N3O5S/c1-5-25-15(3)19(22(27)30-6-2)20(16(25)4)31(28,29)24-13-9-10-17(14-24)21(26)23-18-11-7-8-12-18/h17-18H,5-14H2,1-4H3,(H,23,26)/t17-/m1/s1. The highest BCUT2D eigenvalue weighted by atomic mass is 32.2. The highest BCUT2D eigenvalue weighted by Crippen LogP contribution is 2.32. The van der Waals surface area contributed by atoms with Crippen LogP contribution in [0.4, 0.5) is 0 Å². The fraction of sp³-hybridized carbons (Fsp3) is 0.727. The molecule has 1 saturated heterocycles. The zero-order valence-electron chi connectivity index (χ0n) is 19.1. The Labute approximate surface area is 185 Å². The molecule has 1 aromatic heterocycles. The number of hydrogen-bond acceptors (Lipinski definition) is 5. The molecule has 1 aliphatic heterocycles. The molecule has 1 aromatic rings. The van der Waals surface area contributed by atoms with Crippen molar-refractivity contribution in [2.24, 2.45) is 5.92 Å². The zero-order valence-corrected chi connectivity index (χ0v) is 19.9. The molecule has 1 amide bonds. The largest absolute Gasteiger partial charge is 0.462 e. The van der Waals surface area contributed by atoms with Crippen LogP contribution in [-0.2, 0) is 26.1 Å². The van der Waals surface area contributed by atoms with Crippen LogP contribution < -0.4 is 5.32 Å². The minimum Gasteiger partial charge on any atom is -0.462 e. The van der Waals surface area contributed by atoms with E-state index in [-0.39, 0.29) is 41.5 Å². The fourth-order valence-corrected chi connectivity index (χ4v) is 6.96. The van der Waals surface area contributed by atoms with Crippen molar-refractivity contribution in [2.75, 3.05) is 19.7 Å².